The Bertz CT molecular complexity index is 466. The third-order valence-corrected chi connectivity index (χ3v) is 3.49. The van der Waals surface area contributed by atoms with E-state index < -0.39 is 0 Å². The first kappa shape index (κ1) is 17.5. The molecule has 0 aromatic heterocycles. The van der Waals surface area contributed by atoms with E-state index in [4.69, 9.17) is 0 Å². The second-order valence-electron chi connectivity index (χ2n) is 4.61. The van der Waals surface area contributed by atoms with E-state index in [1.54, 1.807) is 0 Å². The summed E-state index contributed by atoms with van der Waals surface area (Å²) in [5, 5.41) is 6.76. The van der Waals surface area contributed by atoms with E-state index in [-0.39, 0.29) is 24.0 Å². The van der Waals surface area contributed by atoms with Gasteiger partial charge < -0.3 is 10.6 Å². The van der Waals surface area contributed by atoms with Crippen molar-refractivity contribution in [2.45, 2.75) is 32.4 Å². The first-order valence-electron chi connectivity index (χ1n) is 6.72. The maximum absolute atomic E-state index is 4.63. The highest BCUT2D eigenvalue weighted by molar-refractivity contribution is 14.0. The van der Waals surface area contributed by atoms with Crippen LogP contribution in [0.4, 0.5) is 0 Å². The molecule has 20 heavy (non-hydrogen) atoms. The van der Waals surface area contributed by atoms with Crippen LogP contribution >= 0.6 is 39.9 Å². The van der Waals surface area contributed by atoms with Crippen LogP contribution in [-0.4, -0.2) is 18.5 Å². The fraction of sp³-hybridized carbons (Fsp3) is 0.400. The van der Waals surface area contributed by atoms with Gasteiger partial charge >= 0.3 is 0 Å². The van der Waals surface area contributed by atoms with Gasteiger partial charge in [-0.1, -0.05) is 40.2 Å². The Morgan fingerprint density at radius 3 is 2.75 bits per heavy atom. The van der Waals surface area contributed by atoms with Crippen molar-refractivity contribution < 1.29 is 0 Å². The minimum Gasteiger partial charge on any atom is -0.357 e. The Morgan fingerprint density at radius 2 is 2.10 bits per heavy atom. The van der Waals surface area contributed by atoms with Crippen LogP contribution in [0, 0.1) is 0 Å². The van der Waals surface area contributed by atoms with Crippen LogP contribution in [0.15, 0.2) is 45.9 Å². The Kier molecular flexibility index (Phi) is 8.21. The summed E-state index contributed by atoms with van der Waals surface area (Å²) in [7, 11) is 0. The fourth-order valence-electron chi connectivity index (χ4n) is 2.05. The number of halogens is 2. The molecule has 0 heterocycles. The fourth-order valence-corrected chi connectivity index (χ4v) is 2.50. The first-order chi connectivity index (χ1) is 9.28. The van der Waals surface area contributed by atoms with Crippen LogP contribution in [0.1, 0.15) is 25.3 Å². The number of benzene rings is 1. The lowest BCUT2D eigenvalue weighted by molar-refractivity contribution is 0.633. The summed E-state index contributed by atoms with van der Waals surface area (Å²) in [6.45, 7) is 3.66. The standard InChI is InChI=1S/C15H20BrN3.HI/c1-2-17-15(19-14-8-3-4-9-14)18-11-12-6-5-7-13(16)10-12;/h3-7,10,14H,2,8-9,11H2,1H3,(H2,17,18,19);1H. The molecule has 1 aromatic carbocycles. The summed E-state index contributed by atoms with van der Waals surface area (Å²) in [5.74, 6) is 0.899. The molecule has 2 rings (SSSR count). The Labute approximate surface area is 146 Å². The molecule has 0 amide bonds. The zero-order valence-corrected chi connectivity index (χ0v) is 15.5. The predicted octanol–water partition coefficient (Wildman–Crippen LogP) is 3.84. The maximum atomic E-state index is 4.63. The van der Waals surface area contributed by atoms with Crippen molar-refractivity contribution >= 4 is 45.9 Å². The molecule has 0 spiro atoms. The van der Waals surface area contributed by atoms with Crippen molar-refractivity contribution in [2.24, 2.45) is 4.99 Å². The van der Waals surface area contributed by atoms with Crippen LogP contribution in [-0.2, 0) is 6.54 Å². The molecular formula is C15H21BrIN3. The van der Waals surface area contributed by atoms with Gasteiger partial charge in [0, 0.05) is 17.1 Å². The second-order valence-corrected chi connectivity index (χ2v) is 5.52. The van der Waals surface area contributed by atoms with Gasteiger partial charge in [0.1, 0.15) is 0 Å². The Morgan fingerprint density at radius 1 is 1.35 bits per heavy atom. The lowest BCUT2D eigenvalue weighted by Gasteiger charge is -2.16. The number of hydrogen-bond acceptors (Lipinski definition) is 1. The summed E-state index contributed by atoms with van der Waals surface area (Å²) >= 11 is 3.48. The molecule has 1 aliphatic rings. The van der Waals surface area contributed by atoms with Gasteiger partial charge in [0.2, 0.25) is 0 Å². The third kappa shape index (κ3) is 5.83. The SMILES string of the molecule is CCNC(=NCc1cccc(Br)c1)NC1CC=CC1.I. The van der Waals surface area contributed by atoms with E-state index in [1.165, 1.54) is 5.56 Å². The summed E-state index contributed by atoms with van der Waals surface area (Å²) < 4.78 is 1.10. The van der Waals surface area contributed by atoms with E-state index in [1.807, 2.05) is 12.1 Å². The van der Waals surface area contributed by atoms with Crippen LogP contribution in [0.2, 0.25) is 0 Å². The Hall–Kier alpha value is -0.560. The molecule has 0 bridgehead atoms. The third-order valence-electron chi connectivity index (χ3n) is 3.00. The Balaban J connectivity index is 0.00000200. The van der Waals surface area contributed by atoms with Crippen LogP contribution in [0.5, 0.6) is 0 Å². The van der Waals surface area contributed by atoms with Crippen LogP contribution < -0.4 is 10.6 Å². The van der Waals surface area contributed by atoms with Crippen LogP contribution in [0.3, 0.4) is 0 Å². The van der Waals surface area contributed by atoms with Gasteiger partial charge in [-0.05, 0) is 37.5 Å². The van der Waals surface area contributed by atoms with E-state index in [2.05, 4.69) is 62.8 Å². The lowest BCUT2D eigenvalue weighted by atomic mass is 10.2. The van der Waals surface area contributed by atoms with Gasteiger partial charge in [-0.15, -0.1) is 24.0 Å². The highest BCUT2D eigenvalue weighted by Gasteiger charge is 2.11. The van der Waals surface area contributed by atoms with E-state index in [9.17, 15) is 0 Å². The van der Waals surface area contributed by atoms with Crippen molar-refractivity contribution in [2.75, 3.05) is 6.54 Å². The van der Waals surface area contributed by atoms with Crippen molar-refractivity contribution in [1.29, 1.82) is 0 Å². The van der Waals surface area contributed by atoms with Crippen LogP contribution in [0.25, 0.3) is 0 Å². The molecule has 1 aromatic rings. The molecule has 0 aliphatic heterocycles. The minimum absolute atomic E-state index is 0. The van der Waals surface area contributed by atoms with Gasteiger partial charge in [0.15, 0.2) is 5.96 Å². The number of rotatable bonds is 4. The smallest absolute Gasteiger partial charge is 0.191 e. The molecule has 0 fully saturated rings. The molecule has 1 aliphatic carbocycles. The molecule has 5 heteroatoms. The van der Waals surface area contributed by atoms with E-state index in [0.29, 0.717) is 12.6 Å². The summed E-state index contributed by atoms with van der Waals surface area (Å²) in [6, 6.07) is 8.75. The van der Waals surface area contributed by atoms with Gasteiger partial charge in [0.25, 0.3) is 0 Å². The summed E-state index contributed by atoms with van der Waals surface area (Å²) in [5.41, 5.74) is 1.20. The molecule has 0 saturated heterocycles. The second kappa shape index (κ2) is 9.39. The maximum Gasteiger partial charge on any atom is 0.191 e. The molecule has 110 valence electrons. The molecule has 3 nitrogen and oxygen atoms in total. The number of guanidine groups is 1. The predicted molar refractivity (Wildman–Crippen MR) is 99.7 cm³/mol. The number of aliphatic imine (C=N–C) groups is 1. The van der Waals surface area contributed by atoms with Crippen molar-refractivity contribution in [3.63, 3.8) is 0 Å². The average Bonchev–Trinajstić information content (AvgIpc) is 2.89. The molecule has 2 N–H and O–H groups in total. The molecule has 0 saturated carbocycles. The van der Waals surface area contributed by atoms with Gasteiger partial charge in [0.05, 0.1) is 6.54 Å². The zero-order valence-electron chi connectivity index (χ0n) is 11.6. The molecular weight excluding hydrogens is 429 g/mol. The quantitative estimate of drug-likeness (QED) is 0.317. The topological polar surface area (TPSA) is 36.4 Å². The molecule has 0 unspecified atom stereocenters. The summed E-state index contributed by atoms with van der Waals surface area (Å²) in [4.78, 5) is 4.63. The van der Waals surface area contributed by atoms with Gasteiger partial charge in [-0.25, -0.2) is 4.99 Å². The minimum atomic E-state index is 0. The zero-order chi connectivity index (χ0) is 13.5. The van der Waals surface area contributed by atoms with Gasteiger partial charge in [-0.2, -0.15) is 0 Å². The number of hydrogen-bond donors (Lipinski definition) is 2. The largest absolute Gasteiger partial charge is 0.357 e. The van der Waals surface area contributed by atoms with Crippen molar-refractivity contribution in [3.8, 4) is 0 Å². The highest BCUT2D eigenvalue weighted by atomic mass is 127. The van der Waals surface area contributed by atoms with Crippen molar-refractivity contribution in [3.05, 3.63) is 46.5 Å². The van der Waals surface area contributed by atoms with Crippen molar-refractivity contribution in [1.82, 2.24) is 10.6 Å². The van der Waals surface area contributed by atoms with Gasteiger partial charge in [-0.3, -0.25) is 0 Å². The number of nitrogens with zero attached hydrogens (tertiary/aromatic N) is 1. The van der Waals surface area contributed by atoms with E-state index >= 15 is 0 Å². The average molecular weight is 450 g/mol. The molecule has 0 radical (unpaired) electrons. The molecule has 0 atom stereocenters. The lowest BCUT2D eigenvalue weighted by Crippen LogP contribution is -2.42. The monoisotopic (exact) mass is 449 g/mol. The van der Waals surface area contributed by atoms with E-state index in [0.717, 1.165) is 29.8 Å². The summed E-state index contributed by atoms with van der Waals surface area (Å²) in [6.07, 6.45) is 6.60. The first-order valence-corrected chi connectivity index (χ1v) is 7.51. The normalized spacial score (nSPS) is 15.0. The number of nitrogens with one attached hydrogen (secondary N) is 2. The highest BCUT2D eigenvalue weighted by Crippen LogP contribution is 2.12.